The molecule has 0 aliphatic rings. The number of halogens is 2. The lowest BCUT2D eigenvalue weighted by Crippen LogP contribution is -1.97. The Morgan fingerprint density at radius 1 is 1.04 bits per heavy atom. The molecule has 4 rings (SSSR count). The molecule has 0 atom stereocenters. The molecule has 28 heavy (non-hydrogen) atoms. The molecule has 0 aliphatic carbocycles. The molecule has 0 fully saturated rings. The zero-order valence-corrected chi connectivity index (χ0v) is 14.9. The standard InChI is InChI=1S/C18H11F2N5O2S/c19-13-6-11(7-14(20)9-13)10-28-18-22-21-17-5-4-16(23-24(17)18)12-2-1-3-15(8-12)25(26)27/h1-9H,10H2. The lowest BCUT2D eigenvalue weighted by atomic mass is 10.1. The van der Waals surface area contributed by atoms with E-state index in [9.17, 15) is 18.9 Å². The average molecular weight is 399 g/mol. The number of fused-ring (bicyclic) bond motifs is 1. The predicted octanol–water partition coefficient (Wildman–Crippen LogP) is 4.27. The van der Waals surface area contributed by atoms with E-state index >= 15 is 0 Å². The summed E-state index contributed by atoms with van der Waals surface area (Å²) in [6, 6.07) is 12.8. The predicted molar refractivity (Wildman–Crippen MR) is 98.8 cm³/mol. The van der Waals surface area contributed by atoms with Crippen LogP contribution in [0.5, 0.6) is 0 Å². The Bertz CT molecular complexity index is 1180. The molecule has 2 aromatic heterocycles. The Balaban J connectivity index is 1.64. The van der Waals surface area contributed by atoms with E-state index in [4.69, 9.17) is 0 Å². The molecule has 10 heteroatoms. The van der Waals surface area contributed by atoms with Crippen molar-refractivity contribution in [2.24, 2.45) is 0 Å². The Hall–Kier alpha value is -3.40. The number of rotatable bonds is 5. The van der Waals surface area contributed by atoms with Crippen LogP contribution >= 0.6 is 11.8 Å². The number of hydrogen-bond donors (Lipinski definition) is 0. The van der Waals surface area contributed by atoms with Crippen LogP contribution in [0.25, 0.3) is 16.9 Å². The lowest BCUT2D eigenvalue weighted by Gasteiger charge is -2.04. The van der Waals surface area contributed by atoms with E-state index in [1.807, 2.05) is 0 Å². The van der Waals surface area contributed by atoms with Crippen LogP contribution < -0.4 is 0 Å². The van der Waals surface area contributed by atoms with Gasteiger partial charge in [0.1, 0.15) is 11.6 Å². The quantitative estimate of drug-likeness (QED) is 0.283. The molecule has 0 N–H and O–H groups in total. The summed E-state index contributed by atoms with van der Waals surface area (Å²) in [4.78, 5) is 10.5. The van der Waals surface area contributed by atoms with Crippen molar-refractivity contribution in [3.63, 3.8) is 0 Å². The first-order chi connectivity index (χ1) is 13.5. The van der Waals surface area contributed by atoms with Gasteiger partial charge in [0.2, 0.25) is 5.16 Å². The van der Waals surface area contributed by atoms with Crippen molar-refractivity contribution in [3.05, 3.63) is 81.9 Å². The van der Waals surface area contributed by atoms with Crippen molar-refractivity contribution in [3.8, 4) is 11.3 Å². The minimum atomic E-state index is -0.646. The molecule has 0 aliphatic heterocycles. The van der Waals surface area contributed by atoms with Crippen molar-refractivity contribution in [2.75, 3.05) is 0 Å². The van der Waals surface area contributed by atoms with Crippen LogP contribution in [0.2, 0.25) is 0 Å². The third-order valence-electron chi connectivity index (χ3n) is 3.88. The van der Waals surface area contributed by atoms with Gasteiger partial charge in [0.05, 0.1) is 10.6 Å². The van der Waals surface area contributed by atoms with Gasteiger partial charge >= 0.3 is 0 Å². The van der Waals surface area contributed by atoms with Gasteiger partial charge in [-0.15, -0.1) is 10.2 Å². The minimum absolute atomic E-state index is 0.0362. The van der Waals surface area contributed by atoms with E-state index in [1.54, 1.807) is 24.3 Å². The first-order valence-electron chi connectivity index (χ1n) is 8.05. The van der Waals surface area contributed by atoms with Crippen molar-refractivity contribution in [1.82, 2.24) is 19.8 Å². The van der Waals surface area contributed by atoms with Crippen LogP contribution in [0.15, 0.2) is 59.8 Å². The summed E-state index contributed by atoms with van der Waals surface area (Å²) in [5.41, 5.74) is 2.00. The third kappa shape index (κ3) is 3.67. The normalized spacial score (nSPS) is 11.1. The Morgan fingerprint density at radius 2 is 1.82 bits per heavy atom. The molecule has 140 valence electrons. The Morgan fingerprint density at radius 3 is 2.57 bits per heavy atom. The fraction of sp³-hybridized carbons (Fsp3) is 0.0556. The summed E-state index contributed by atoms with van der Waals surface area (Å²) in [5, 5.41) is 23.9. The Labute approximate surface area is 161 Å². The summed E-state index contributed by atoms with van der Waals surface area (Å²) < 4.78 is 28.2. The van der Waals surface area contributed by atoms with E-state index in [-0.39, 0.29) is 11.4 Å². The van der Waals surface area contributed by atoms with Gasteiger partial charge in [-0.1, -0.05) is 23.9 Å². The summed E-state index contributed by atoms with van der Waals surface area (Å²) >= 11 is 1.22. The molecule has 0 unspecified atom stereocenters. The molecule has 0 spiro atoms. The van der Waals surface area contributed by atoms with Crippen molar-refractivity contribution < 1.29 is 13.7 Å². The molecule has 7 nitrogen and oxygen atoms in total. The molecule has 0 saturated carbocycles. The second kappa shape index (κ2) is 7.31. The number of nitrogens with zero attached hydrogens (tertiary/aromatic N) is 5. The molecule has 0 saturated heterocycles. The van der Waals surface area contributed by atoms with Gasteiger partial charge < -0.3 is 0 Å². The van der Waals surface area contributed by atoms with E-state index in [2.05, 4.69) is 15.3 Å². The highest BCUT2D eigenvalue weighted by Crippen LogP contribution is 2.25. The van der Waals surface area contributed by atoms with E-state index < -0.39 is 16.6 Å². The zero-order chi connectivity index (χ0) is 19.7. The number of aromatic nitrogens is 4. The monoisotopic (exact) mass is 399 g/mol. The highest BCUT2D eigenvalue weighted by molar-refractivity contribution is 7.98. The van der Waals surface area contributed by atoms with Gasteiger partial charge in [-0.25, -0.2) is 8.78 Å². The van der Waals surface area contributed by atoms with Gasteiger partial charge in [0, 0.05) is 29.5 Å². The molecule has 0 bridgehead atoms. The van der Waals surface area contributed by atoms with E-state index in [0.717, 1.165) is 6.07 Å². The number of thioether (sulfide) groups is 1. The van der Waals surface area contributed by atoms with Crippen LogP contribution in [0.1, 0.15) is 5.56 Å². The number of benzene rings is 2. The first-order valence-corrected chi connectivity index (χ1v) is 9.03. The highest BCUT2D eigenvalue weighted by atomic mass is 32.2. The number of nitro benzene ring substituents is 1. The maximum Gasteiger partial charge on any atom is 0.270 e. The number of hydrogen-bond acceptors (Lipinski definition) is 6. The molecule has 2 heterocycles. The summed E-state index contributed by atoms with van der Waals surface area (Å²) in [6.07, 6.45) is 0. The summed E-state index contributed by atoms with van der Waals surface area (Å²) in [7, 11) is 0. The fourth-order valence-electron chi connectivity index (χ4n) is 2.63. The highest BCUT2D eigenvalue weighted by Gasteiger charge is 2.12. The molecule has 4 aromatic rings. The summed E-state index contributed by atoms with van der Waals surface area (Å²) in [6.45, 7) is 0. The van der Waals surface area contributed by atoms with Gasteiger partial charge in [-0.05, 0) is 29.8 Å². The molecular weight excluding hydrogens is 388 g/mol. The summed E-state index contributed by atoms with van der Waals surface area (Å²) in [5.74, 6) is -1.02. The molecule has 0 amide bonds. The lowest BCUT2D eigenvalue weighted by molar-refractivity contribution is -0.384. The van der Waals surface area contributed by atoms with Crippen LogP contribution in [0.4, 0.5) is 14.5 Å². The van der Waals surface area contributed by atoms with Crippen molar-refractivity contribution >= 4 is 23.1 Å². The molecule has 2 aromatic carbocycles. The van der Waals surface area contributed by atoms with Gasteiger partial charge in [-0.3, -0.25) is 10.1 Å². The molecule has 0 radical (unpaired) electrons. The van der Waals surface area contributed by atoms with Gasteiger partial charge in [-0.2, -0.15) is 9.61 Å². The van der Waals surface area contributed by atoms with Crippen molar-refractivity contribution in [1.29, 1.82) is 0 Å². The third-order valence-corrected chi connectivity index (χ3v) is 4.87. The zero-order valence-electron chi connectivity index (χ0n) is 14.1. The van der Waals surface area contributed by atoms with E-state index in [0.29, 0.717) is 27.6 Å². The molecular formula is C18H11F2N5O2S. The second-order valence-corrected chi connectivity index (χ2v) is 6.79. The van der Waals surface area contributed by atoms with Crippen molar-refractivity contribution in [2.45, 2.75) is 10.9 Å². The maximum absolute atomic E-state index is 13.3. The van der Waals surface area contributed by atoms with Gasteiger partial charge in [0.15, 0.2) is 5.65 Å². The fourth-order valence-corrected chi connectivity index (χ4v) is 3.45. The van der Waals surface area contributed by atoms with Crippen LogP contribution in [-0.4, -0.2) is 24.7 Å². The number of nitro groups is 1. The van der Waals surface area contributed by atoms with E-state index in [1.165, 1.54) is 40.5 Å². The first kappa shape index (κ1) is 18.0. The number of non-ortho nitro benzene ring substituents is 1. The Kier molecular flexibility index (Phi) is 4.70. The SMILES string of the molecule is O=[N+]([O-])c1cccc(-c2ccc3nnc(SCc4cc(F)cc(F)c4)n3n2)c1. The van der Waals surface area contributed by atoms with Crippen LogP contribution in [-0.2, 0) is 5.75 Å². The minimum Gasteiger partial charge on any atom is -0.258 e. The smallest absolute Gasteiger partial charge is 0.258 e. The van der Waals surface area contributed by atoms with Crippen LogP contribution in [0.3, 0.4) is 0 Å². The topological polar surface area (TPSA) is 86.2 Å². The maximum atomic E-state index is 13.3. The average Bonchev–Trinajstić information content (AvgIpc) is 3.08. The largest absolute Gasteiger partial charge is 0.270 e. The van der Waals surface area contributed by atoms with Crippen LogP contribution in [0, 0.1) is 21.7 Å². The second-order valence-electron chi connectivity index (χ2n) is 5.84. The van der Waals surface area contributed by atoms with Gasteiger partial charge in [0.25, 0.3) is 5.69 Å².